The first-order chi connectivity index (χ1) is 17.9. The maximum atomic E-state index is 13.9. The van der Waals surface area contributed by atoms with Gasteiger partial charge in [0.05, 0.1) is 11.4 Å². The molecule has 2 N–H and O–H groups in total. The lowest BCUT2D eigenvalue weighted by Crippen LogP contribution is -2.29. The van der Waals surface area contributed by atoms with Gasteiger partial charge in [-0.25, -0.2) is 9.07 Å². The van der Waals surface area contributed by atoms with Gasteiger partial charge in [0, 0.05) is 47.6 Å². The zero-order valence-corrected chi connectivity index (χ0v) is 21.3. The minimum atomic E-state index is -0.367. The van der Waals surface area contributed by atoms with E-state index in [-0.39, 0.29) is 23.7 Å². The van der Waals surface area contributed by atoms with Crippen LogP contribution in [0.3, 0.4) is 0 Å². The van der Waals surface area contributed by atoms with Gasteiger partial charge in [-0.05, 0) is 69.0 Å². The lowest BCUT2D eigenvalue weighted by molar-refractivity contribution is -0.121. The predicted octanol–water partition coefficient (Wildman–Crippen LogP) is 4.74. The summed E-state index contributed by atoms with van der Waals surface area (Å²) < 4.78 is 17.2. The number of amides is 1. The van der Waals surface area contributed by atoms with Crippen molar-refractivity contribution >= 4 is 27.8 Å². The van der Waals surface area contributed by atoms with E-state index in [0.717, 1.165) is 39.5 Å². The zero-order valence-electron chi connectivity index (χ0n) is 21.3. The van der Waals surface area contributed by atoms with Crippen LogP contribution in [0.1, 0.15) is 35.7 Å². The average molecular weight is 500 g/mol. The molecule has 0 bridgehead atoms. The molecule has 0 aliphatic carbocycles. The number of nitrogens with zero attached hydrogens (tertiary/aromatic N) is 3. The van der Waals surface area contributed by atoms with Gasteiger partial charge in [-0.3, -0.25) is 14.2 Å². The van der Waals surface area contributed by atoms with Crippen LogP contribution in [-0.4, -0.2) is 31.8 Å². The Hall–Kier alpha value is -4.20. The molecular weight excluding hydrogens is 469 g/mol. The van der Waals surface area contributed by atoms with Gasteiger partial charge >= 0.3 is 0 Å². The third kappa shape index (κ3) is 4.55. The van der Waals surface area contributed by atoms with E-state index in [1.54, 1.807) is 21.4 Å². The number of H-pyrrole nitrogens is 1. The molecule has 0 spiro atoms. The van der Waals surface area contributed by atoms with E-state index in [1.807, 2.05) is 45.2 Å². The number of rotatable bonds is 8. The second-order valence-corrected chi connectivity index (χ2v) is 9.29. The van der Waals surface area contributed by atoms with Gasteiger partial charge < -0.3 is 10.3 Å². The zero-order chi connectivity index (χ0) is 26.1. The SMILES string of the molecule is CCn1c(=O)c(CCC(=O)NCCc2c[nH]c3ccccc23)c(C)c2c(C)nn(-c3cccc(F)c3)c21. The van der Waals surface area contributed by atoms with Crippen LogP contribution in [0.4, 0.5) is 4.39 Å². The molecule has 8 heteroatoms. The lowest BCUT2D eigenvalue weighted by atomic mass is 10.0. The highest BCUT2D eigenvalue weighted by Crippen LogP contribution is 2.26. The minimum absolute atomic E-state index is 0.0889. The van der Waals surface area contributed by atoms with Gasteiger partial charge in [-0.15, -0.1) is 0 Å². The largest absolute Gasteiger partial charge is 0.361 e. The molecule has 0 aliphatic heterocycles. The van der Waals surface area contributed by atoms with Crippen LogP contribution in [-0.2, 0) is 24.2 Å². The highest BCUT2D eigenvalue weighted by Gasteiger charge is 2.21. The van der Waals surface area contributed by atoms with Crippen molar-refractivity contribution in [3.8, 4) is 5.69 Å². The standard InChI is InChI=1S/C29H30FN5O2/c1-4-34-28-27(19(3)33-35(28)22-9-7-8-21(30)16-22)18(2)23(29(34)37)12-13-26(36)31-15-14-20-17-32-25-11-6-5-10-24(20)25/h5-11,16-17,32H,4,12-15H2,1-3H3,(H,31,36). The molecule has 5 aromatic rings. The Morgan fingerprint density at radius 3 is 2.70 bits per heavy atom. The number of pyridine rings is 1. The molecule has 2 aromatic carbocycles. The summed E-state index contributed by atoms with van der Waals surface area (Å²) in [7, 11) is 0. The van der Waals surface area contributed by atoms with Crippen molar-refractivity contribution in [2.45, 2.75) is 46.6 Å². The molecule has 0 fully saturated rings. The van der Waals surface area contributed by atoms with Crippen molar-refractivity contribution in [2.24, 2.45) is 0 Å². The summed E-state index contributed by atoms with van der Waals surface area (Å²) in [5, 5.41) is 9.66. The Morgan fingerprint density at radius 2 is 1.92 bits per heavy atom. The molecule has 190 valence electrons. The molecular formula is C29H30FN5O2. The molecule has 0 saturated carbocycles. The number of benzene rings is 2. The number of hydrogen-bond donors (Lipinski definition) is 2. The van der Waals surface area contributed by atoms with Crippen molar-refractivity contribution in [1.82, 2.24) is 24.6 Å². The highest BCUT2D eigenvalue weighted by atomic mass is 19.1. The van der Waals surface area contributed by atoms with Crippen LogP contribution in [0.15, 0.2) is 59.5 Å². The van der Waals surface area contributed by atoms with Crippen molar-refractivity contribution in [3.63, 3.8) is 0 Å². The number of aryl methyl sites for hydroxylation is 3. The van der Waals surface area contributed by atoms with E-state index >= 15 is 0 Å². The Bertz CT molecular complexity index is 1680. The maximum Gasteiger partial charge on any atom is 0.255 e. The van der Waals surface area contributed by atoms with Crippen LogP contribution in [0, 0.1) is 19.7 Å². The quantitative estimate of drug-likeness (QED) is 0.324. The summed E-state index contributed by atoms with van der Waals surface area (Å²) >= 11 is 0. The smallest absolute Gasteiger partial charge is 0.255 e. The van der Waals surface area contributed by atoms with Crippen molar-refractivity contribution in [3.05, 3.63) is 93.3 Å². The molecule has 0 atom stereocenters. The number of para-hydroxylation sites is 1. The average Bonchev–Trinajstić information content (AvgIpc) is 3.45. The number of carbonyl (C=O) groups excluding carboxylic acids is 1. The maximum absolute atomic E-state index is 13.9. The highest BCUT2D eigenvalue weighted by molar-refractivity contribution is 5.85. The molecule has 1 amide bonds. The Morgan fingerprint density at radius 1 is 1.11 bits per heavy atom. The fourth-order valence-electron chi connectivity index (χ4n) is 5.15. The minimum Gasteiger partial charge on any atom is -0.361 e. The van der Waals surface area contributed by atoms with Crippen LogP contribution in [0.2, 0.25) is 0 Å². The monoisotopic (exact) mass is 499 g/mol. The molecule has 7 nitrogen and oxygen atoms in total. The fourth-order valence-corrected chi connectivity index (χ4v) is 5.15. The van der Waals surface area contributed by atoms with Crippen LogP contribution in [0.5, 0.6) is 0 Å². The van der Waals surface area contributed by atoms with E-state index in [0.29, 0.717) is 36.4 Å². The predicted molar refractivity (Wildman–Crippen MR) is 144 cm³/mol. The van der Waals surface area contributed by atoms with Crippen LogP contribution < -0.4 is 10.9 Å². The third-order valence-electron chi connectivity index (χ3n) is 6.99. The normalized spacial score (nSPS) is 11.5. The number of carbonyl (C=O) groups is 1. The number of halogens is 1. The second-order valence-electron chi connectivity index (χ2n) is 9.29. The van der Waals surface area contributed by atoms with E-state index in [2.05, 4.69) is 21.5 Å². The lowest BCUT2D eigenvalue weighted by Gasteiger charge is -2.14. The topological polar surface area (TPSA) is 84.7 Å². The van der Waals surface area contributed by atoms with Crippen LogP contribution in [0.25, 0.3) is 27.6 Å². The van der Waals surface area contributed by atoms with Crippen molar-refractivity contribution in [2.75, 3.05) is 6.54 Å². The van der Waals surface area contributed by atoms with Crippen molar-refractivity contribution < 1.29 is 9.18 Å². The van der Waals surface area contributed by atoms with Gasteiger partial charge in [-0.2, -0.15) is 5.10 Å². The van der Waals surface area contributed by atoms with Gasteiger partial charge in [0.15, 0.2) is 0 Å². The molecule has 37 heavy (non-hydrogen) atoms. The molecule has 5 rings (SSSR count). The summed E-state index contributed by atoms with van der Waals surface area (Å²) in [4.78, 5) is 29.4. The second kappa shape index (κ2) is 10.0. The summed E-state index contributed by atoms with van der Waals surface area (Å²) in [6.07, 6.45) is 3.26. The van der Waals surface area contributed by atoms with E-state index in [4.69, 9.17) is 0 Å². The Kier molecular flexibility index (Phi) is 6.65. The summed E-state index contributed by atoms with van der Waals surface area (Å²) in [5.41, 5.74) is 5.48. The van der Waals surface area contributed by atoms with Gasteiger partial charge in [0.2, 0.25) is 5.91 Å². The Labute approximate surface area is 213 Å². The summed E-state index contributed by atoms with van der Waals surface area (Å²) in [6.45, 7) is 6.64. The van der Waals surface area contributed by atoms with Gasteiger partial charge in [0.1, 0.15) is 11.5 Å². The first-order valence-electron chi connectivity index (χ1n) is 12.6. The fraction of sp³-hybridized carbons (Fsp3) is 0.276. The number of fused-ring (bicyclic) bond motifs is 2. The first kappa shape index (κ1) is 24.5. The molecule has 0 aliphatic rings. The van der Waals surface area contributed by atoms with Crippen LogP contribution >= 0.6 is 0 Å². The molecule has 3 heterocycles. The number of aromatic nitrogens is 4. The number of nitrogens with one attached hydrogen (secondary N) is 2. The third-order valence-corrected chi connectivity index (χ3v) is 6.99. The molecule has 0 radical (unpaired) electrons. The first-order valence-corrected chi connectivity index (χ1v) is 12.6. The van der Waals surface area contributed by atoms with E-state index in [1.165, 1.54) is 12.1 Å². The number of aromatic amines is 1. The molecule has 0 saturated heterocycles. The van der Waals surface area contributed by atoms with Gasteiger partial charge in [-0.1, -0.05) is 24.3 Å². The summed E-state index contributed by atoms with van der Waals surface area (Å²) in [6, 6.07) is 14.3. The van der Waals surface area contributed by atoms with Crippen molar-refractivity contribution in [1.29, 1.82) is 0 Å². The number of hydrogen-bond acceptors (Lipinski definition) is 3. The van der Waals surface area contributed by atoms with E-state index in [9.17, 15) is 14.0 Å². The van der Waals surface area contributed by atoms with Gasteiger partial charge in [0.25, 0.3) is 5.56 Å². The Balaban J connectivity index is 1.35. The van der Waals surface area contributed by atoms with E-state index < -0.39 is 0 Å². The molecule has 0 unspecified atom stereocenters. The summed E-state index contributed by atoms with van der Waals surface area (Å²) in [5.74, 6) is -0.456. The molecule has 3 aromatic heterocycles.